The maximum Gasteiger partial charge on any atom is 0.309 e. The molecule has 0 aliphatic heterocycles. The molecule has 2 N–H and O–H groups in total. The smallest absolute Gasteiger partial charge is 0.309 e. The van der Waals surface area contributed by atoms with Crippen molar-refractivity contribution >= 4 is 11.8 Å². The van der Waals surface area contributed by atoms with E-state index in [9.17, 15) is 9.59 Å². The quantitative estimate of drug-likeness (QED) is 0.708. The summed E-state index contributed by atoms with van der Waals surface area (Å²) in [6, 6.07) is 0.211. The normalized spacial score (nSPS) is 16.4. The zero-order chi connectivity index (χ0) is 12.0. The van der Waals surface area contributed by atoms with Gasteiger partial charge in [-0.05, 0) is 25.2 Å². The molecule has 1 aliphatic rings. The van der Waals surface area contributed by atoms with E-state index in [2.05, 4.69) is 24.5 Å². The van der Waals surface area contributed by atoms with Gasteiger partial charge >= 0.3 is 11.8 Å². The molecule has 92 valence electrons. The maximum absolute atomic E-state index is 11.5. The van der Waals surface area contributed by atoms with Gasteiger partial charge in [-0.25, -0.2) is 0 Å². The molecule has 0 aromatic carbocycles. The molecule has 1 saturated carbocycles. The Labute approximate surface area is 97.2 Å². The van der Waals surface area contributed by atoms with Gasteiger partial charge in [0.2, 0.25) is 0 Å². The second-order valence-electron chi connectivity index (χ2n) is 4.89. The van der Waals surface area contributed by atoms with E-state index in [1.54, 1.807) is 0 Å². The van der Waals surface area contributed by atoms with Crippen molar-refractivity contribution in [1.82, 2.24) is 10.6 Å². The van der Waals surface area contributed by atoms with Crippen molar-refractivity contribution < 1.29 is 9.59 Å². The van der Waals surface area contributed by atoms with Crippen molar-refractivity contribution in [2.24, 2.45) is 5.92 Å². The van der Waals surface area contributed by atoms with Gasteiger partial charge in [0.05, 0.1) is 0 Å². The molecule has 0 spiro atoms. The lowest BCUT2D eigenvalue weighted by molar-refractivity contribution is -0.139. The monoisotopic (exact) mass is 226 g/mol. The minimum atomic E-state index is -0.493. The van der Waals surface area contributed by atoms with Crippen LogP contribution in [0.2, 0.25) is 0 Å². The van der Waals surface area contributed by atoms with Crippen molar-refractivity contribution in [3.63, 3.8) is 0 Å². The largest absolute Gasteiger partial charge is 0.348 e. The van der Waals surface area contributed by atoms with Gasteiger partial charge in [0, 0.05) is 12.6 Å². The van der Waals surface area contributed by atoms with Crippen molar-refractivity contribution in [3.05, 3.63) is 0 Å². The Bertz CT molecular complexity index is 245. The van der Waals surface area contributed by atoms with Crippen LogP contribution >= 0.6 is 0 Å². The molecule has 0 bridgehead atoms. The molecule has 16 heavy (non-hydrogen) atoms. The fourth-order valence-electron chi connectivity index (χ4n) is 1.88. The molecular formula is C12H22N2O2. The molecule has 2 amide bonds. The summed E-state index contributed by atoms with van der Waals surface area (Å²) in [5, 5.41) is 5.40. The molecule has 0 aromatic heterocycles. The third-order valence-electron chi connectivity index (χ3n) is 2.90. The van der Waals surface area contributed by atoms with Crippen molar-refractivity contribution in [2.45, 2.75) is 52.0 Å². The van der Waals surface area contributed by atoms with Crippen LogP contribution in [0.25, 0.3) is 0 Å². The lowest BCUT2D eigenvalue weighted by atomic mass is 10.1. The Morgan fingerprint density at radius 1 is 1.19 bits per heavy atom. The highest BCUT2D eigenvalue weighted by atomic mass is 16.2. The topological polar surface area (TPSA) is 58.2 Å². The molecule has 1 fully saturated rings. The first-order valence-corrected chi connectivity index (χ1v) is 6.18. The first-order valence-electron chi connectivity index (χ1n) is 6.18. The van der Waals surface area contributed by atoms with Crippen molar-refractivity contribution in [1.29, 1.82) is 0 Å². The van der Waals surface area contributed by atoms with Crippen LogP contribution in [0.3, 0.4) is 0 Å². The molecule has 0 radical (unpaired) electrons. The first kappa shape index (κ1) is 13.0. The average Bonchev–Trinajstić information content (AvgIpc) is 2.69. The van der Waals surface area contributed by atoms with Crippen LogP contribution in [0.4, 0.5) is 0 Å². The van der Waals surface area contributed by atoms with E-state index in [0.717, 1.165) is 32.1 Å². The summed E-state index contributed by atoms with van der Waals surface area (Å²) >= 11 is 0. The molecular weight excluding hydrogens is 204 g/mol. The van der Waals surface area contributed by atoms with Crippen LogP contribution < -0.4 is 10.6 Å². The average molecular weight is 226 g/mol. The highest BCUT2D eigenvalue weighted by molar-refractivity contribution is 6.35. The molecule has 4 nitrogen and oxygen atoms in total. The number of carbonyl (C=O) groups is 2. The predicted molar refractivity (Wildman–Crippen MR) is 62.9 cm³/mol. The fraction of sp³-hybridized carbons (Fsp3) is 0.833. The Hall–Kier alpha value is -1.06. The van der Waals surface area contributed by atoms with E-state index >= 15 is 0 Å². The van der Waals surface area contributed by atoms with Crippen molar-refractivity contribution in [2.75, 3.05) is 6.54 Å². The van der Waals surface area contributed by atoms with Gasteiger partial charge in [-0.2, -0.15) is 0 Å². The van der Waals surface area contributed by atoms with E-state index in [-0.39, 0.29) is 6.04 Å². The molecule has 0 atom stereocenters. The van der Waals surface area contributed by atoms with E-state index in [4.69, 9.17) is 0 Å². The van der Waals surface area contributed by atoms with Crippen LogP contribution in [0.1, 0.15) is 46.0 Å². The van der Waals surface area contributed by atoms with Gasteiger partial charge in [0.1, 0.15) is 0 Å². The SMILES string of the molecule is CC(C)CCNC(=O)C(=O)NC1CCCC1. The Balaban J connectivity index is 2.17. The van der Waals surface area contributed by atoms with Gasteiger partial charge in [-0.1, -0.05) is 26.7 Å². The summed E-state index contributed by atoms with van der Waals surface area (Å²) in [6.07, 6.45) is 5.22. The zero-order valence-electron chi connectivity index (χ0n) is 10.2. The minimum Gasteiger partial charge on any atom is -0.348 e. The molecule has 1 aliphatic carbocycles. The van der Waals surface area contributed by atoms with E-state index in [0.29, 0.717) is 12.5 Å². The van der Waals surface area contributed by atoms with E-state index in [1.807, 2.05) is 0 Å². The minimum absolute atomic E-state index is 0.211. The standard InChI is InChI=1S/C12H22N2O2/c1-9(2)7-8-13-11(15)12(16)14-10-5-3-4-6-10/h9-10H,3-8H2,1-2H3,(H,13,15)(H,14,16). The summed E-state index contributed by atoms with van der Waals surface area (Å²) in [5.74, 6) is -0.429. The zero-order valence-corrected chi connectivity index (χ0v) is 10.2. The highest BCUT2D eigenvalue weighted by Gasteiger charge is 2.20. The van der Waals surface area contributed by atoms with E-state index in [1.165, 1.54) is 0 Å². The van der Waals surface area contributed by atoms with Crippen molar-refractivity contribution in [3.8, 4) is 0 Å². The number of amides is 2. The third-order valence-corrected chi connectivity index (χ3v) is 2.90. The number of hydrogen-bond acceptors (Lipinski definition) is 2. The van der Waals surface area contributed by atoms with Gasteiger partial charge in [0.15, 0.2) is 0 Å². The number of hydrogen-bond donors (Lipinski definition) is 2. The van der Waals surface area contributed by atoms with Gasteiger partial charge in [-0.3, -0.25) is 9.59 Å². The third kappa shape index (κ3) is 4.64. The van der Waals surface area contributed by atoms with Crippen LogP contribution in [0.5, 0.6) is 0 Å². The van der Waals surface area contributed by atoms with Gasteiger partial charge in [0.25, 0.3) is 0 Å². The van der Waals surface area contributed by atoms with Crippen LogP contribution in [0, 0.1) is 5.92 Å². The Morgan fingerprint density at radius 2 is 1.81 bits per heavy atom. The highest BCUT2D eigenvalue weighted by Crippen LogP contribution is 2.17. The molecule has 0 saturated heterocycles. The Morgan fingerprint density at radius 3 is 2.38 bits per heavy atom. The van der Waals surface area contributed by atoms with Gasteiger partial charge < -0.3 is 10.6 Å². The number of nitrogens with one attached hydrogen (secondary N) is 2. The summed E-state index contributed by atoms with van der Waals surface area (Å²) < 4.78 is 0. The molecule has 0 heterocycles. The predicted octanol–water partition coefficient (Wildman–Crippen LogP) is 1.21. The summed E-state index contributed by atoms with van der Waals surface area (Å²) in [5.41, 5.74) is 0. The second-order valence-corrected chi connectivity index (χ2v) is 4.89. The molecule has 1 rings (SSSR count). The number of rotatable bonds is 4. The molecule has 0 unspecified atom stereocenters. The molecule has 0 aromatic rings. The van der Waals surface area contributed by atoms with Gasteiger partial charge in [-0.15, -0.1) is 0 Å². The number of carbonyl (C=O) groups excluding carboxylic acids is 2. The molecule has 4 heteroatoms. The first-order chi connectivity index (χ1) is 7.59. The fourth-order valence-corrected chi connectivity index (χ4v) is 1.88. The Kier molecular flexibility index (Phi) is 5.29. The summed E-state index contributed by atoms with van der Waals surface area (Å²) in [6.45, 7) is 4.75. The lowest BCUT2D eigenvalue weighted by Crippen LogP contribution is -2.44. The second kappa shape index (κ2) is 6.51. The summed E-state index contributed by atoms with van der Waals surface area (Å²) in [4.78, 5) is 22.8. The van der Waals surface area contributed by atoms with E-state index < -0.39 is 11.8 Å². The lowest BCUT2D eigenvalue weighted by Gasteiger charge is -2.12. The van der Waals surface area contributed by atoms with Crippen LogP contribution in [0.15, 0.2) is 0 Å². The summed E-state index contributed by atoms with van der Waals surface area (Å²) in [7, 11) is 0. The maximum atomic E-state index is 11.5. The van der Waals surface area contributed by atoms with Crippen LogP contribution in [-0.2, 0) is 9.59 Å². The van der Waals surface area contributed by atoms with Crippen LogP contribution in [-0.4, -0.2) is 24.4 Å².